The van der Waals surface area contributed by atoms with E-state index in [-0.39, 0.29) is 0 Å². The third-order valence-electron chi connectivity index (χ3n) is 1.14. The van der Waals surface area contributed by atoms with Gasteiger partial charge in [-0.1, -0.05) is 0 Å². The lowest BCUT2D eigenvalue weighted by atomic mass is 10.2. The third-order valence-corrected chi connectivity index (χ3v) is 2.10. The summed E-state index contributed by atoms with van der Waals surface area (Å²) in [6.45, 7) is 0. The molecule has 2 nitrogen and oxygen atoms in total. The van der Waals surface area contributed by atoms with Crippen molar-refractivity contribution in [3.8, 4) is 0 Å². The molecule has 0 amide bonds. The fourth-order valence-electron chi connectivity index (χ4n) is 0.690. The summed E-state index contributed by atoms with van der Waals surface area (Å²) in [5.41, 5.74) is -0.799. The summed E-state index contributed by atoms with van der Waals surface area (Å²) in [5.74, 6) is -1.80. The van der Waals surface area contributed by atoms with Crippen LogP contribution < -0.4 is 5.11 Å². The topological polar surface area (TPSA) is 40.1 Å². The molecular formula is C6H2F3O2S-. The van der Waals surface area contributed by atoms with Gasteiger partial charge >= 0.3 is 6.18 Å². The van der Waals surface area contributed by atoms with Crippen molar-refractivity contribution in [1.82, 2.24) is 0 Å². The lowest BCUT2D eigenvalue weighted by molar-refractivity contribution is -0.255. The van der Waals surface area contributed by atoms with E-state index in [0.717, 1.165) is 11.4 Å². The molecule has 1 heterocycles. The van der Waals surface area contributed by atoms with Crippen LogP contribution in [0.5, 0.6) is 0 Å². The molecule has 0 unspecified atom stereocenters. The Morgan fingerprint density at radius 2 is 2.08 bits per heavy atom. The van der Waals surface area contributed by atoms with E-state index in [4.69, 9.17) is 0 Å². The number of halogens is 3. The van der Waals surface area contributed by atoms with Gasteiger partial charge in [0.1, 0.15) is 4.88 Å². The van der Waals surface area contributed by atoms with Gasteiger partial charge in [-0.3, -0.25) is 0 Å². The number of carbonyl (C=O) groups excluding carboxylic acids is 1. The van der Waals surface area contributed by atoms with E-state index in [1.807, 2.05) is 0 Å². The Balaban J connectivity index is 3.17. The number of aromatic carboxylic acids is 1. The Hall–Kier alpha value is -1.04. The average molecular weight is 195 g/mol. The van der Waals surface area contributed by atoms with Crippen molar-refractivity contribution in [1.29, 1.82) is 0 Å². The molecule has 6 heteroatoms. The number of carboxylic acids is 1. The van der Waals surface area contributed by atoms with Crippen LogP contribution in [0.25, 0.3) is 0 Å². The van der Waals surface area contributed by atoms with Crippen LogP contribution in [-0.4, -0.2) is 5.97 Å². The Kier molecular flexibility index (Phi) is 2.10. The van der Waals surface area contributed by atoms with Gasteiger partial charge < -0.3 is 9.90 Å². The summed E-state index contributed by atoms with van der Waals surface area (Å²) in [6.07, 6.45) is -4.61. The van der Waals surface area contributed by atoms with E-state index in [1.165, 1.54) is 0 Å². The van der Waals surface area contributed by atoms with Crippen molar-refractivity contribution in [3.63, 3.8) is 0 Å². The second-order valence-corrected chi connectivity index (χ2v) is 2.86. The zero-order valence-electron chi connectivity index (χ0n) is 5.51. The molecule has 0 N–H and O–H groups in total. The highest BCUT2D eigenvalue weighted by Gasteiger charge is 2.34. The van der Waals surface area contributed by atoms with Gasteiger partial charge in [-0.2, -0.15) is 13.2 Å². The van der Waals surface area contributed by atoms with Crippen LogP contribution in [0.2, 0.25) is 0 Å². The fourth-order valence-corrected chi connectivity index (χ4v) is 1.44. The van der Waals surface area contributed by atoms with Crippen molar-refractivity contribution >= 4 is 17.3 Å². The quantitative estimate of drug-likeness (QED) is 0.673. The van der Waals surface area contributed by atoms with E-state index in [1.54, 1.807) is 0 Å². The van der Waals surface area contributed by atoms with Gasteiger partial charge in [0.2, 0.25) is 0 Å². The number of rotatable bonds is 1. The van der Waals surface area contributed by atoms with Crippen LogP contribution in [0.1, 0.15) is 15.2 Å². The Morgan fingerprint density at radius 1 is 1.50 bits per heavy atom. The molecule has 0 spiro atoms. The maximum absolute atomic E-state index is 12.0. The molecule has 0 aromatic carbocycles. The minimum atomic E-state index is -4.61. The number of alkyl halides is 3. The van der Waals surface area contributed by atoms with Crippen molar-refractivity contribution in [3.05, 3.63) is 21.9 Å². The van der Waals surface area contributed by atoms with Crippen LogP contribution in [0.3, 0.4) is 0 Å². The van der Waals surface area contributed by atoms with Gasteiger partial charge in [0.25, 0.3) is 0 Å². The van der Waals surface area contributed by atoms with E-state index in [2.05, 4.69) is 0 Å². The zero-order valence-corrected chi connectivity index (χ0v) is 6.33. The smallest absolute Gasteiger partial charge is 0.426 e. The minimum absolute atomic E-state index is 0.339. The molecule has 66 valence electrons. The van der Waals surface area contributed by atoms with Gasteiger partial charge in [-0.05, 0) is 11.4 Å². The molecule has 0 saturated heterocycles. The third kappa shape index (κ3) is 1.58. The van der Waals surface area contributed by atoms with Crippen LogP contribution >= 0.6 is 11.3 Å². The van der Waals surface area contributed by atoms with Gasteiger partial charge in [0.05, 0.1) is 5.97 Å². The maximum atomic E-state index is 12.0. The summed E-state index contributed by atoms with van der Waals surface area (Å²) in [6, 6.07) is 0.878. The molecule has 1 aromatic rings. The molecule has 1 rings (SSSR count). The summed E-state index contributed by atoms with van der Waals surface area (Å²) in [4.78, 5) is 9.00. The average Bonchev–Trinajstić information content (AvgIpc) is 2.30. The van der Waals surface area contributed by atoms with Crippen LogP contribution in [-0.2, 0) is 6.18 Å². The molecular weight excluding hydrogens is 193 g/mol. The molecule has 0 fully saturated rings. The number of hydrogen-bond acceptors (Lipinski definition) is 3. The van der Waals surface area contributed by atoms with E-state index in [9.17, 15) is 23.1 Å². The highest BCUT2D eigenvalue weighted by atomic mass is 32.1. The molecule has 12 heavy (non-hydrogen) atoms. The van der Waals surface area contributed by atoms with Crippen molar-refractivity contribution in [2.45, 2.75) is 6.18 Å². The lowest BCUT2D eigenvalue weighted by Gasteiger charge is -2.07. The standard InChI is InChI=1S/C6H3F3O2S/c7-6(8,9)4-3(5(10)11)1-2-12-4/h1-2H,(H,10,11)/p-1. The van der Waals surface area contributed by atoms with Gasteiger partial charge in [-0.15, -0.1) is 11.3 Å². The van der Waals surface area contributed by atoms with E-state index < -0.39 is 22.6 Å². The predicted molar refractivity (Wildman–Crippen MR) is 33.7 cm³/mol. The highest BCUT2D eigenvalue weighted by Crippen LogP contribution is 2.35. The summed E-state index contributed by atoms with van der Waals surface area (Å²) in [5, 5.41) is 11.2. The first-order valence-corrected chi connectivity index (χ1v) is 3.67. The Morgan fingerprint density at radius 3 is 2.42 bits per heavy atom. The highest BCUT2D eigenvalue weighted by molar-refractivity contribution is 7.10. The first-order chi connectivity index (χ1) is 5.43. The molecule has 0 aliphatic carbocycles. The first kappa shape index (κ1) is 9.05. The largest absolute Gasteiger partial charge is 0.545 e. The number of thiophene rings is 1. The normalized spacial score (nSPS) is 11.6. The number of hydrogen-bond donors (Lipinski definition) is 0. The maximum Gasteiger partial charge on any atom is 0.426 e. The van der Waals surface area contributed by atoms with Crippen molar-refractivity contribution in [2.75, 3.05) is 0 Å². The van der Waals surface area contributed by atoms with Gasteiger partial charge in [0, 0.05) is 5.56 Å². The van der Waals surface area contributed by atoms with Crippen LogP contribution in [0.15, 0.2) is 11.4 Å². The van der Waals surface area contributed by atoms with Gasteiger partial charge in [-0.25, -0.2) is 0 Å². The Labute approximate surface area is 69.3 Å². The van der Waals surface area contributed by atoms with Crippen molar-refractivity contribution < 1.29 is 23.1 Å². The van der Waals surface area contributed by atoms with Gasteiger partial charge in [0.15, 0.2) is 0 Å². The number of carboxylic acid groups (broad SMARTS) is 1. The molecule has 0 aliphatic rings. The van der Waals surface area contributed by atoms with Crippen molar-refractivity contribution in [2.24, 2.45) is 0 Å². The van der Waals surface area contributed by atoms with E-state index in [0.29, 0.717) is 11.3 Å². The molecule has 1 aromatic heterocycles. The zero-order chi connectivity index (χ0) is 9.35. The molecule has 0 aliphatic heterocycles. The minimum Gasteiger partial charge on any atom is -0.545 e. The molecule has 0 atom stereocenters. The second-order valence-electron chi connectivity index (χ2n) is 1.95. The van der Waals surface area contributed by atoms with E-state index >= 15 is 0 Å². The monoisotopic (exact) mass is 195 g/mol. The Bertz CT molecular complexity index is 302. The van der Waals surface area contributed by atoms with Crippen LogP contribution in [0, 0.1) is 0 Å². The molecule has 0 bridgehead atoms. The summed E-state index contributed by atoms with van der Waals surface area (Å²) >= 11 is 0.339. The molecule has 0 radical (unpaired) electrons. The fraction of sp³-hybridized carbons (Fsp3) is 0.167. The van der Waals surface area contributed by atoms with Crippen LogP contribution in [0.4, 0.5) is 13.2 Å². The SMILES string of the molecule is O=C([O-])c1ccsc1C(F)(F)F. The second kappa shape index (κ2) is 2.78. The summed E-state index contributed by atoms with van der Waals surface area (Å²) < 4.78 is 35.9. The first-order valence-electron chi connectivity index (χ1n) is 2.79. The number of carbonyl (C=O) groups is 1. The predicted octanol–water partition coefficient (Wildman–Crippen LogP) is 1.13. The lowest BCUT2D eigenvalue weighted by Crippen LogP contribution is -2.24. The molecule has 0 saturated carbocycles. The summed E-state index contributed by atoms with van der Waals surface area (Å²) in [7, 11) is 0.